The zero-order valence-electron chi connectivity index (χ0n) is 16.1. The number of ether oxygens (including phenoxy) is 1. The Kier molecular flexibility index (Phi) is 8.09. The van der Waals surface area contributed by atoms with Crippen molar-refractivity contribution in [2.75, 3.05) is 32.0 Å². The van der Waals surface area contributed by atoms with E-state index in [4.69, 9.17) is 21.4 Å². The maximum absolute atomic E-state index is 13.3. The lowest BCUT2D eigenvalue weighted by Gasteiger charge is -2.33. The van der Waals surface area contributed by atoms with Crippen LogP contribution in [0.4, 0.5) is 4.39 Å². The molecule has 9 heteroatoms. The zero-order chi connectivity index (χ0) is 21.5. The molecule has 0 saturated carbocycles. The van der Waals surface area contributed by atoms with Crippen LogP contribution in [-0.2, 0) is 16.1 Å². The number of aromatic carboxylic acids is 1. The number of nitrogens with zero attached hydrogens (tertiary/aromatic N) is 1. The fourth-order valence-corrected chi connectivity index (χ4v) is 4.00. The number of carboxylic acid groups (broad SMARTS) is 1. The maximum Gasteiger partial charge on any atom is 0.335 e. The van der Waals surface area contributed by atoms with Crippen molar-refractivity contribution in [3.8, 4) is 0 Å². The van der Waals surface area contributed by atoms with E-state index in [9.17, 15) is 14.0 Å². The van der Waals surface area contributed by atoms with Crippen LogP contribution in [0.25, 0.3) is 0 Å². The SMILES string of the molecule is O=C(CSc1ccc(C(=O)O)cc1)NC[C@H]1CN(Cc2ccc(F)c(Cl)c2)CCO1. The number of thioether (sulfide) groups is 1. The number of rotatable bonds is 8. The first-order valence-corrected chi connectivity index (χ1v) is 10.8. The van der Waals surface area contributed by atoms with Gasteiger partial charge in [-0.15, -0.1) is 11.8 Å². The molecular formula is C21H22ClFN2O4S. The fraction of sp³-hybridized carbons (Fsp3) is 0.333. The number of halogens is 2. The highest BCUT2D eigenvalue weighted by atomic mass is 35.5. The van der Waals surface area contributed by atoms with Gasteiger partial charge >= 0.3 is 5.97 Å². The molecule has 1 saturated heterocycles. The molecule has 2 aromatic carbocycles. The number of hydrogen-bond donors (Lipinski definition) is 2. The van der Waals surface area contributed by atoms with Gasteiger partial charge in [-0.25, -0.2) is 9.18 Å². The molecule has 2 aromatic rings. The van der Waals surface area contributed by atoms with E-state index in [1.54, 1.807) is 24.3 Å². The molecule has 1 aliphatic heterocycles. The number of amides is 1. The Labute approximate surface area is 183 Å². The standard InChI is InChI=1S/C21H22ClFN2O4S/c22-18-9-14(1-6-19(18)23)11-25-7-8-29-16(12-25)10-24-20(26)13-30-17-4-2-15(3-5-17)21(27)28/h1-6,9,16H,7-8,10-13H2,(H,24,26)(H,27,28)/t16-/m0/s1. The van der Waals surface area contributed by atoms with Crippen LogP contribution in [0, 0.1) is 5.82 Å². The molecule has 0 unspecified atom stereocenters. The number of carboxylic acids is 1. The topological polar surface area (TPSA) is 78.9 Å². The van der Waals surface area contributed by atoms with Crippen LogP contribution in [0.15, 0.2) is 47.4 Å². The van der Waals surface area contributed by atoms with Crippen LogP contribution in [0.2, 0.25) is 5.02 Å². The van der Waals surface area contributed by atoms with E-state index in [0.717, 1.165) is 17.0 Å². The van der Waals surface area contributed by atoms with Crippen molar-refractivity contribution in [2.45, 2.75) is 17.5 Å². The summed E-state index contributed by atoms with van der Waals surface area (Å²) in [5.74, 6) is -1.29. The molecule has 1 amide bonds. The highest BCUT2D eigenvalue weighted by molar-refractivity contribution is 8.00. The molecule has 1 aliphatic rings. The summed E-state index contributed by atoms with van der Waals surface area (Å²) < 4.78 is 19.0. The molecule has 6 nitrogen and oxygen atoms in total. The van der Waals surface area contributed by atoms with Gasteiger partial charge in [0.25, 0.3) is 0 Å². The summed E-state index contributed by atoms with van der Waals surface area (Å²) in [6.45, 7) is 2.99. The van der Waals surface area contributed by atoms with E-state index in [1.165, 1.54) is 30.0 Å². The number of carbonyl (C=O) groups excluding carboxylic acids is 1. The third-order valence-electron chi connectivity index (χ3n) is 4.61. The average Bonchev–Trinajstić information content (AvgIpc) is 2.74. The number of carbonyl (C=O) groups is 2. The normalized spacial score (nSPS) is 16.9. The molecule has 2 N–H and O–H groups in total. The molecule has 1 fully saturated rings. The minimum atomic E-state index is -0.978. The molecular weight excluding hydrogens is 431 g/mol. The summed E-state index contributed by atoms with van der Waals surface area (Å²) in [7, 11) is 0. The molecule has 0 aliphatic carbocycles. The summed E-state index contributed by atoms with van der Waals surface area (Å²) in [5.41, 5.74) is 1.14. The lowest BCUT2D eigenvalue weighted by Crippen LogP contribution is -2.47. The van der Waals surface area contributed by atoms with Crippen molar-refractivity contribution < 1.29 is 23.8 Å². The Morgan fingerprint density at radius 2 is 2.03 bits per heavy atom. The largest absolute Gasteiger partial charge is 0.478 e. The Balaban J connectivity index is 1.40. The van der Waals surface area contributed by atoms with Crippen LogP contribution in [0.5, 0.6) is 0 Å². The minimum Gasteiger partial charge on any atom is -0.478 e. The Hall–Kier alpha value is -2.13. The van der Waals surface area contributed by atoms with Gasteiger partial charge in [0.05, 0.1) is 29.0 Å². The van der Waals surface area contributed by atoms with E-state index >= 15 is 0 Å². The van der Waals surface area contributed by atoms with Crippen LogP contribution in [0.3, 0.4) is 0 Å². The molecule has 0 aromatic heterocycles. The van der Waals surface area contributed by atoms with Gasteiger partial charge in [-0.05, 0) is 42.0 Å². The second-order valence-electron chi connectivity index (χ2n) is 6.90. The summed E-state index contributed by atoms with van der Waals surface area (Å²) >= 11 is 7.19. The average molecular weight is 453 g/mol. The molecule has 0 spiro atoms. The van der Waals surface area contributed by atoms with Crippen LogP contribution < -0.4 is 5.32 Å². The smallest absolute Gasteiger partial charge is 0.335 e. The van der Waals surface area contributed by atoms with E-state index in [0.29, 0.717) is 26.2 Å². The zero-order valence-corrected chi connectivity index (χ0v) is 17.7. The monoisotopic (exact) mass is 452 g/mol. The van der Waals surface area contributed by atoms with E-state index in [-0.39, 0.29) is 28.4 Å². The third kappa shape index (κ3) is 6.70. The first kappa shape index (κ1) is 22.6. The molecule has 160 valence electrons. The van der Waals surface area contributed by atoms with Crippen LogP contribution >= 0.6 is 23.4 Å². The predicted molar refractivity (Wildman–Crippen MR) is 114 cm³/mol. The second-order valence-corrected chi connectivity index (χ2v) is 8.35. The van der Waals surface area contributed by atoms with Gasteiger partial charge in [0.1, 0.15) is 5.82 Å². The predicted octanol–water partition coefficient (Wildman–Crippen LogP) is 3.29. The minimum absolute atomic E-state index is 0.111. The summed E-state index contributed by atoms with van der Waals surface area (Å²) in [5, 5.41) is 11.9. The summed E-state index contributed by atoms with van der Waals surface area (Å²) in [6.07, 6.45) is -0.126. The van der Waals surface area contributed by atoms with Gasteiger partial charge in [0.2, 0.25) is 5.91 Å². The van der Waals surface area contributed by atoms with Crippen molar-refractivity contribution in [1.29, 1.82) is 0 Å². The number of hydrogen-bond acceptors (Lipinski definition) is 5. The van der Waals surface area contributed by atoms with Crippen LogP contribution in [-0.4, -0.2) is 60.0 Å². The van der Waals surface area contributed by atoms with Gasteiger partial charge in [-0.1, -0.05) is 17.7 Å². The van der Waals surface area contributed by atoms with Crippen molar-refractivity contribution in [3.63, 3.8) is 0 Å². The highest BCUT2D eigenvalue weighted by Crippen LogP contribution is 2.19. The van der Waals surface area contributed by atoms with Gasteiger partial charge in [0.15, 0.2) is 0 Å². The summed E-state index contributed by atoms with van der Waals surface area (Å²) in [6, 6.07) is 11.1. The fourth-order valence-electron chi connectivity index (χ4n) is 3.07. The van der Waals surface area contributed by atoms with Gasteiger partial charge < -0.3 is 15.2 Å². The molecule has 0 bridgehead atoms. The number of nitrogens with one attached hydrogen (secondary N) is 1. The van der Waals surface area contributed by atoms with Gasteiger partial charge in [-0.3, -0.25) is 9.69 Å². The second kappa shape index (κ2) is 10.8. The Morgan fingerprint density at radius 1 is 1.27 bits per heavy atom. The Bertz CT molecular complexity index is 897. The number of morpholine rings is 1. The molecule has 30 heavy (non-hydrogen) atoms. The van der Waals surface area contributed by atoms with Crippen molar-refractivity contribution >= 4 is 35.2 Å². The quantitative estimate of drug-likeness (QED) is 0.598. The first-order valence-electron chi connectivity index (χ1n) is 9.41. The van der Waals surface area contributed by atoms with E-state index < -0.39 is 11.8 Å². The molecule has 1 atom stereocenters. The lowest BCUT2D eigenvalue weighted by molar-refractivity contribution is -0.119. The first-order chi connectivity index (χ1) is 14.4. The van der Waals surface area contributed by atoms with Gasteiger partial charge in [0, 0.05) is 31.1 Å². The molecule has 3 rings (SSSR count). The number of benzene rings is 2. The third-order valence-corrected chi connectivity index (χ3v) is 5.91. The van der Waals surface area contributed by atoms with Crippen molar-refractivity contribution in [3.05, 3.63) is 64.4 Å². The van der Waals surface area contributed by atoms with Gasteiger partial charge in [-0.2, -0.15) is 0 Å². The Morgan fingerprint density at radius 3 is 2.73 bits per heavy atom. The van der Waals surface area contributed by atoms with E-state index in [2.05, 4.69) is 10.2 Å². The van der Waals surface area contributed by atoms with Crippen molar-refractivity contribution in [1.82, 2.24) is 10.2 Å². The molecule has 1 heterocycles. The summed E-state index contributed by atoms with van der Waals surface area (Å²) in [4.78, 5) is 26.0. The maximum atomic E-state index is 13.3. The highest BCUT2D eigenvalue weighted by Gasteiger charge is 2.21. The lowest BCUT2D eigenvalue weighted by atomic mass is 10.2. The van der Waals surface area contributed by atoms with Crippen molar-refractivity contribution in [2.24, 2.45) is 0 Å². The van der Waals surface area contributed by atoms with Crippen LogP contribution in [0.1, 0.15) is 15.9 Å². The van der Waals surface area contributed by atoms with E-state index in [1.807, 2.05) is 0 Å². The molecule has 0 radical (unpaired) electrons.